The molecule has 0 radical (unpaired) electrons. The third-order valence-electron chi connectivity index (χ3n) is 5.55. The molecule has 3 aromatic rings. The number of anilines is 3. The average molecular weight is 432 g/mol. The molecule has 4 rings (SSSR count). The van der Waals surface area contributed by atoms with Crippen molar-refractivity contribution in [2.45, 2.75) is 6.92 Å². The number of rotatable bonds is 4. The van der Waals surface area contributed by atoms with Crippen LogP contribution in [-0.4, -0.2) is 43.0 Å². The van der Waals surface area contributed by atoms with Gasteiger partial charge < -0.3 is 20.4 Å². The van der Waals surface area contributed by atoms with Crippen LogP contribution in [0.5, 0.6) is 0 Å². The Morgan fingerprint density at radius 3 is 2.16 bits per heavy atom. The maximum absolute atomic E-state index is 13.7. The number of nitrogens with one attached hydrogen (secondary N) is 2. The summed E-state index contributed by atoms with van der Waals surface area (Å²) in [6.45, 7) is 4.72. The lowest BCUT2D eigenvalue weighted by molar-refractivity contribution is 0.0746. The van der Waals surface area contributed by atoms with E-state index >= 15 is 0 Å². The predicted molar refractivity (Wildman–Crippen MR) is 125 cm³/mol. The number of carbonyl (C=O) groups excluding carboxylic acids is 2. The molecule has 32 heavy (non-hydrogen) atoms. The van der Waals surface area contributed by atoms with Gasteiger partial charge in [-0.15, -0.1) is 0 Å². The van der Waals surface area contributed by atoms with Crippen molar-refractivity contribution in [3.63, 3.8) is 0 Å². The molecule has 0 unspecified atom stereocenters. The molecule has 0 bridgehead atoms. The van der Waals surface area contributed by atoms with Gasteiger partial charge in [0.2, 0.25) is 0 Å². The molecule has 0 spiro atoms. The highest BCUT2D eigenvalue weighted by molar-refractivity contribution is 6.00. The van der Waals surface area contributed by atoms with Gasteiger partial charge in [0.25, 0.3) is 5.91 Å². The number of benzene rings is 3. The topological polar surface area (TPSA) is 64.7 Å². The molecule has 1 aliphatic heterocycles. The fraction of sp³-hybridized carbons (Fsp3) is 0.200. The molecule has 2 N–H and O–H groups in total. The summed E-state index contributed by atoms with van der Waals surface area (Å²) in [5.74, 6) is -0.416. The van der Waals surface area contributed by atoms with Gasteiger partial charge >= 0.3 is 6.03 Å². The highest BCUT2D eigenvalue weighted by Crippen LogP contribution is 2.21. The second-order valence-corrected chi connectivity index (χ2v) is 7.70. The summed E-state index contributed by atoms with van der Waals surface area (Å²) < 4.78 is 13.7. The Morgan fingerprint density at radius 2 is 1.47 bits per heavy atom. The van der Waals surface area contributed by atoms with Crippen LogP contribution in [-0.2, 0) is 0 Å². The van der Waals surface area contributed by atoms with Crippen molar-refractivity contribution in [2.24, 2.45) is 0 Å². The predicted octanol–water partition coefficient (Wildman–Crippen LogP) is 4.74. The van der Waals surface area contributed by atoms with E-state index in [1.807, 2.05) is 48.2 Å². The van der Waals surface area contributed by atoms with Gasteiger partial charge in [0.1, 0.15) is 5.82 Å². The van der Waals surface area contributed by atoms with E-state index in [-0.39, 0.29) is 11.6 Å². The molecular weight excluding hydrogens is 407 g/mol. The van der Waals surface area contributed by atoms with Crippen molar-refractivity contribution in [1.82, 2.24) is 4.90 Å². The molecule has 3 amide bonds. The molecule has 7 heteroatoms. The van der Waals surface area contributed by atoms with Crippen LogP contribution in [0.2, 0.25) is 0 Å². The van der Waals surface area contributed by atoms with Gasteiger partial charge in [-0.25, -0.2) is 9.18 Å². The fourth-order valence-electron chi connectivity index (χ4n) is 3.75. The summed E-state index contributed by atoms with van der Waals surface area (Å²) >= 11 is 0. The maximum atomic E-state index is 13.7. The summed E-state index contributed by atoms with van der Waals surface area (Å²) in [6, 6.07) is 20.6. The Balaban J connectivity index is 1.31. The van der Waals surface area contributed by atoms with E-state index in [4.69, 9.17) is 0 Å². The standard InChI is InChI=1S/C25H25FN4O2/c1-18-6-2-3-7-21(18)24(31)30-16-14-29(15-17-30)20-12-10-19(11-13-20)27-25(32)28-23-9-5-4-8-22(23)26/h2-13H,14-17H2,1H3,(H2,27,28,32). The van der Waals surface area contributed by atoms with E-state index in [0.29, 0.717) is 18.8 Å². The number of aryl methyl sites for hydroxylation is 1. The molecule has 1 heterocycles. The molecular formula is C25H25FN4O2. The molecule has 0 aromatic heterocycles. The number of nitrogens with zero attached hydrogens (tertiary/aromatic N) is 2. The minimum atomic E-state index is -0.508. The molecule has 1 fully saturated rings. The van der Waals surface area contributed by atoms with E-state index in [9.17, 15) is 14.0 Å². The zero-order valence-corrected chi connectivity index (χ0v) is 17.8. The van der Waals surface area contributed by atoms with Crippen molar-refractivity contribution in [3.8, 4) is 0 Å². The number of amides is 3. The molecule has 1 aliphatic rings. The van der Waals surface area contributed by atoms with Gasteiger partial charge in [-0.05, 0) is 55.0 Å². The van der Waals surface area contributed by atoms with Gasteiger partial charge in [-0.1, -0.05) is 30.3 Å². The number of carbonyl (C=O) groups is 2. The first kappa shape index (κ1) is 21.4. The third kappa shape index (κ3) is 4.88. The van der Waals surface area contributed by atoms with Crippen molar-refractivity contribution in [3.05, 3.63) is 89.7 Å². The smallest absolute Gasteiger partial charge is 0.323 e. The van der Waals surface area contributed by atoms with Gasteiger partial charge in [-0.3, -0.25) is 4.79 Å². The Bertz CT molecular complexity index is 1110. The van der Waals surface area contributed by atoms with Gasteiger partial charge in [0, 0.05) is 43.1 Å². The highest BCUT2D eigenvalue weighted by Gasteiger charge is 2.23. The van der Waals surface area contributed by atoms with E-state index in [1.54, 1.807) is 24.3 Å². The number of hydrogen-bond donors (Lipinski definition) is 2. The lowest BCUT2D eigenvalue weighted by Crippen LogP contribution is -2.48. The first-order chi connectivity index (χ1) is 15.5. The van der Waals surface area contributed by atoms with Crippen LogP contribution in [0.15, 0.2) is 72.8 Å². The normalized spacial score (nSPS) is 13.6. The summed E-state index contributed by atoms with van der Waals surface area (Å²) in [5, 5.41) is 5.20. The number of halogens is 1. The molecule has 0 atom stereocenters. The summed E-state index contributed by atoms with van der Waals surface area (Å²) in [7, 11) is 0. The first-order valence-electron chi connectivity index (χ1n) is 10.5. The van der Waals surface area contributed by atoms with Crippen molar-refractivity contribution < 1.29 is 14.0 Å². The second kappa shape index (κ2) is 9.51. The van der Waals surface area contributed by atoms with Crippen LogP contribution < -0.4 is 15.5 Å². The average Bonchev–Trinajstić information content (AvgIpc) is 2.81. The number of urea groups is 1. The quantitative estimate of drug-likeness (QED) is 0.626. The number of hydrogen-bond acceptors (Lipinski definition) is 3. The Kier molecular flexibility index (Phi) is 6.35. The highest BCUT2D eigenvalue weighted by atomic mass is 19.1. The lowest BCUT2D eigenvalue weighted by Gasteiger charge is -2.36. The van der Waals surface area contributed by atoms with E-state index in [1.165, 1.54) is 12.1 Å². The molecule has 3 aromatic carbocycles. The largest absolute Gasteiger partial charge is 0.368 e. The van der Waals surface area contributed by atoms with Gasteiger partial charge in [-0.2, -0.15) is 0 Å². The third-order valence-corrected chi connectivity index (χ3v) is 5.55. The van der Waals surface area contributed by atoms with Crippen LogP contribution in [0.25, 0.3) is 0 Å². The summed E-state index contributed by atoms with van der Waals surface area (Å²) in [5.41, 5.74) is 3.50. The molecule has 0 aliphatic carbocycles. The van der Waals surface area contributed by atoms with E-state index in [2.05, 4.69) is 15.5 Å². The van der Waals surface area contributed by atoms with Crippen molar-refractivity contribution in [2.75, 3.05) is 41.7 Å². The zero-order valence-electron chi connectivity index (χ0n) is 17.8. The van der Waals surface area contributed by atoms with E-state index < -0.39 is 11.8 Å². The van der Waals surface area contributed by atoms with Crippen LogP contribution in [0.4, 0.5) is 26.2 Å². The Labute approximate surface area is 186 Å². The second-order valence-electron chi connectivity index (χ2n) is 7.70. The maximum Gasteiger partial charge on any atom is 0.323 e. The first-order valence-corrected chi connectivity index (χ1v) is 10.5. The van der Waals surface area contributed by atoms with Crippen LogP contribution in [0, 0.1) is 12.7 Å². The molecule has 1 saturated heterocycles. The minimum Gasteiger partial charge on any atom is -0.368 e. The van der Waals surface area contributed by atoms with Crippen LogP contribution in [0.3, 0.4) is 0 Å². The lowest BCUT2D eigenvalue weighted by atomic mass is 10.1. The SMILES string of the molecule is Cc1ccccc1C(=O)N1CCN(c2ccc(NC(=O)Nc3ccccc3F)cc2)CC1. The zero-order chi connectivity index (χ0) is 22.5. The summed E-state index contributed by atoms with van der Waals surface area (Å²) in [6.07, 6.45) is 0. The fourth-order valence-corrected chi connectivity index (χ4v) is 3.75. The molecule has 6 nitrogen and oxygen atoms in total. The van der Waals surface area contributed by atoms with Gasteiger partial charge in [0.15, 0.2) is 0 Å². The molecule has 0 saturated carbocycles. The van der Waals surface area contributed by atoms with Crippen LogP contribution in [0.1, 0.15) is 15.9 Å². The Hall–Kier alpha value is -3.87. The molecule has 164 valence electrons. The van der Waals surface area contributed by atoms with Crippen molar-refractivity contribution in [1.29, 1.82) is 0 Å². The number of piperazine rings is 1. The van der Waals surface area contributed by atoms with E-state index in [0.717, 1.165) is 29.9 Å². The Morgan fingerprint density at radius 1 is 0.812 bits per heavy atom. The van der Waals surface area contributed by atoms with Gasteiger partial charge in [0.05, 0.1) is 5.69 Å². The van der Waals surface area contributed by atoms with Crippen molar-refractivity contribution >= 4 is 29.0 Å². The number of para-hydroxylation sites is 1. The van der Waals surface area contributed by atoms with Crippen LogP contribution >= 0.6 is 0 Å². The minimum absolute atomic E-state index is 0.0724. The summed E-state index contributed by atoms with van der Waals surface area (Å²) in [4.78, 5) is 29.0. The monoisotopic (exact) mass is 432 g/mol.